The Morgan fingerprint density at radius 2 is 2.20 bits per heavy atom. The fourth-order valence-corrected chi connectivity index (χ4v) is 2.12. The summed E-state index contributed by atoms with van der Waals surface area (Å²) in [5, 5.41) is 1.27. The van der Waals surface area contributed by atoms with Crippen molar-refractivity contribution in [2.75, 3.05) is 0 Å². The molecule has 0 amide bonds. The van der Waals surface area contributed by atoms with Crippen LogP contribution >= 0.6 is 0 Å². The average molecular weight is 204 g/mol. The van der Waals surface area contributed by atoms with Gasteiger partial charge >= 0.3 is 0 Å². The fourth-order valence-electron chi connectivity index (χ4n) is 2.12. The molecule has 0 aliphatic rings. The third-order valence-corrected chi connectivity index (χ3v) is 2.76. The SMILES string of the molecule is CCn1cc(C)c2c(CON)cccc21. The molecule has 1 heterocycles. The minimum Gasteiger partial charge on any atom is -0.347 e. The van der Waals surface area contributed by atoms with Gasteiger partial charge in [-0.15, -0.1) is 0 Å². The highest BCUT2D eigenvalue weighted by Crippen LogP contribution is 2.24. The standard InChI is InChI=1S/C12H16N2O/c1-3-14-7-9(2)12-10(8-15-13)5-4-6-11(12)14/h4-7H,3,8,13H2,1-2H3. The lowest BCUT2D eigenvalue weighted by Gasteiger charge is -2.04. The highest BCUT2D eigenvalue weighted by molar-refractivity contribution is 5.87. The van der Waals surface area contributed by atoms with E-state index in [2.05, 4.69) is 36.7 Å². The lowest BCUT2D eigenvalue weighted by atomic mass is 10.1. The molecule has 3 nitrogen and oxygen atoms in total. The molecule has 80 valence electrons. The van der Waals surface area contributed by atoms with Crippen molar-refractivity contribution in [2.24, 2.45) is 5.90 Å². The lowest BCUT2D eigenvalue weighted by molar-refractivity contribution is 0.125. The maximum atomic E-state index is 5.13. The molecule has 0 saturated heterocycles. The van der Waals surface area contributed by atoms with Gasteiger partial charge in [-0.05, 0) is 31.0 Å². The second-order valence-corrected chi connectivity index (χ2v) is 3.72. The third-order valence-electron chi connectivity index (χ3n) is 2.76. The normalized spacial score (nSPS) is 11.1. The maximum Gasteiger partial charge on any atom is 0.0936 e. The first kappa shape index (κ1) is 10.2. The molecule has 2 aromatic rings. The highest BCUT2D eigenvalue weighted by atomic mass is 16.6. The molecule has 0 aliphatic carbocycles. The summed E-state index contributed by atoms with van der Waals surface area (Å²) in [5.74, 6) is 5.13. The molecular formula is C12H16N2O. The lowest BCUT2D eigenvalue weighted by Crippen LogP contribution is -1.99. The van der Waals surface area contributed by atoms with Gasteiger partial charge < -0.3 is 4.57 Å². The van der Waals surface area contributed by atoms with Crippen LogP contribution in [-0.4, -0.2) is 4.57 Å². The van der Waals surface area contributed by atoms with Gasteiger partial charge in [0.25, 0.3) is 0 Å². The first-order valence-electron chi connectivity index (χ1n) is 5.17. The number of aromatic nitrogens is 1. The number of nitrogens with two attached hydrogens (primary N) is 1. The molecule has 0 atom stereocenters. The molecule has 1 aromatic carbocycles. The van der Waals surface area contributed by atoms with Crippen LogP contribution in [0.4, 0.5) is 0 Å². The van der Waals surface area contributed by atoms with E-state index in [1.54, 1.807) is 0 Å². The Hall–Kier alpha value is -1.32. The molecule has 0 radical (unpaired) electrons. The number of hydrogen-bond donors (Lipinski definition) is 1. The van der Waals surface area contributed by atoms with E-state index in [9.17, 15) is 0 Å². The van der Waals surface area contributed by atoms with Crippen molar-refractivity contribution in [1.29, 1.82) is 0 Å². The fraction of sp³-hybridized carbons (Fsp3) is 0.333. The maximum absolute atomic E-state index is 5.13. The largest absolute Gasteiger partial charge is 0.347 e. The van der Waals surface area contributed by atoms with Crippen LogP contribution in [-0.2, 0) is 18.0 Å². The molecule has 0 unspecified atom stereocenters. The van der Waals surface area contributed by atoms with Crippen LogP contribution in [0.1, 0.15) is 18.1 Å². The molecule has 0 fully saturated rings. The second kappa shape index (κ2) is 4.04. The Morgan fingerprint density at radius 1 is 1.40 bits per heavy atom. The van der Waals surface area contributed by atoms with Gasteiger partial charge in [-0.2, -0.15) is 0 Å². The Morgan fingerprint density at radius 3 is 2.87 bits per heavy atom. The predicted octanol–water partition coefficient (Wildman–Crippen LogP) is 2.36. The summed E-state index contributed by atoms with van der Waals surface area (Å²) in [5.41, 5.74) is 3.68. The molecule has 0 spiro atoms. The van der Waals surface area contributed by atoms with Crippen LogP contribution < -0.4 is 5.90 Å². The molecule has 0 bridgehead atoms. The summed E-state index contributed by atoms with van der Waals surface area (Å²) in [7, 11) is 0. The minimum absolute atomic E-state index is 0.464. The van der Waals surface area contributed by atoms with Gasteiger partial charge in [0, 0.05) is 23.6 Å². The number of aryl methyl sites for hydroxylation is 2. The van der Waals surface area contributed by atoms with Gasteiger partial charge in [0.05, 0.1) is 6.61 Å². The summed E-state index contributed by atoms with van der Waals surface area (Å²) in [6, 6.07) is 6.23. The number of benzene rings is 1. The van der Waals surface area contributed by atoms with Crippen LogP contribution in [0, 0.1) is 6.92 Å². The van der Waals surface area contributed by atoms with E-state index >= 15 is 0 Å². The second-order valence-electron chi connectivity index (χ2n) is 3.72. The van der Waals surface area contributed by atoms with Crippen molar-refractivity contribution in [3.05, 3.63) is 35.5 Å². The molecular weight excluding hydrogens is 188 g/mol. The van der Waals surface area contributed by atoms with Gasteiger partial charge in [0.2, 0.25) is 0 Å². The molecule has 1 aromatic heterocycles. The summed E-state index contributed by atoms with van der Waals surface area (Å²) < 4.78 is 2.24. The average Bonchev–Trinajstić information content (AvgIpc) is 2.57. The minimum atomic E-state index is 0.464. The first-order valence-corrected chi connectivity index (χ1v) is 5.17. The van der Waals surface area contributed by atoms with Gasteiger partial charge in [-0.1, -0.05) is 12.1 Å². The van der Waals surface area contributed by atoms with E-state index in [-0.39, 0.29) is 0 Å². The topological polar surface area (TPSA) is 40.2 Å². The van der Waals surface area contributed by atoms with Crippen molar-refractivity contribution in [1.82, 2.24) is 4.57 Å². The van der Waals surface area contributed by atoms with Gasteiger partial charge in [0.1, 0.15) is 0 Å². The van der Waals surface area contributed by atoms with E-state index in [0.717, 1.165) is 12.1 Å². The van der Waals surface area contributed by atoms with Gasteiger partial charge in [-0.3, -0.25) is 4.84 Å². The van der Waals surface area contributed by atoms with E-state index < -0.39 is 0 Å². The van der Waals surface area contributed by atoms with Crippen LogP contribution in [0.3, 0.4) is 0 Å². The van der Waals surface area contributed by atoms with E-state index in [4.69, 9.17) is 10.7 Å². The Kier molecular flexibility index (Phi) is 2.75. The number of rotatable bonds is 3. The third kappa shape index (κ3) is 1.64. The number of nitrogens with zero attached hydrogens (tertiary/aromatic N) is 1. The van der Waals surface area contributed by atoms with Crippen molar-refractivity contribution in [3.8, 4) is 0 Å². The zero-order chi connectivity index (χ0) is 10.8. The van der Waals surface area contributed by atoms with Crippen LogP contribution in [0.2, 0.25) is 0 Å². The smallest absolute Gasteiger partial charge is 0.0936 e. The zero-order valence-corrected chi connectivity index (χ0v) is 9.16. The number of fused-ring (bicyclic) bond motifs is 1. The highest BCUT2D eigenvalue weighted by Gasteiger charge is 2.08. The Balaban J connectivity index is 2.68. The van der Waals surface area contributed by atoms with Crippen LogP contribution in [0.15, 0.2) is 24.4 Å². The monoisotopic (exact) mass is 204 g/mol. The molecule has 0 saturated carbocycles. The van der Waals surface area contributed by atoms with Crippen LogP contribution in [0.25, 0.3) is 10.9 Å². The predicted molar refractivity (Wildman–Crippen MR) is 61.3 cm³/mol. The Bertz CT molecular complexity index is 474. The van der Waals surface area contributed by atoms with Crippen molar-refractivity contribution in [2.45, 2.75) is 27.0 Å². The molecule has 0 aliphatic heterocycles. The van der Waals surface area contributed by atoms with Crippen molar-refractivity contribution >= 4 is 10.9 Å². The van der Waals surface area contributed by atoms with E-state index in [1.165, 1.54) is 16.5 Å². The molecule has 3 heteroatoms. The zero-order valence-electron chi connectivity index (χ0n) is 9.16. The molecule has 15 heavy (non-hydrogen) atoms. The summed E-state index contributed by atoms with van der Waals surface area (Å²) in [4.78, 5) is 4.72. The van der Waals surface area contributed by atoms with E-state index in [0.29, 0.717) is 6.61 Å². The first-order chi connectivity index (χ1) is 7.27. The van der Waals surface area contributed by atoms with Crippen LogP contribution in [0.5, 0.6) is 0 Å². The summed E-state index contributed by atoms with van der Waals surface area (Å²) >= 11 is 0. The quantitative estimate of drug-likeness (QED) is 0.780. The van der Waals surface area contributed by atoms with Crippen molar-refractivity contribution < 1.29 is 4.84 Å². The van der Waals surface area contributed by atoms with Crippen molar-refractivity contribution in [3.63, 3.8) is 0 Å². The summed E-state index contributed by atoms with van der Waals surface area (Å²) in [6.07, 6.45) is 2.17. The van der Waals surface area contributed by atoms with E-state index in [1.807, 2.05) is 6.07 Å². The Labute approximate surface area is 89.4 Å². The van der Waals surface area contributed by atoms with Gasteiger partial charge in [-0.25, -0.2) is 5.90 Å². The molecule has 2 rings (SSSR count). The molecule has 2 N–H and O–H groups in total. The number of hydrogen-bond acceptors (Lipinski definition) is 2. The summed E-state index contributed by atoms with van der Waals surface area (Å²) in [6.45, 7) is 5.71. The van der Waals surface area contributed by atoms with Gasteiger partial charge in [0.15, 0.2) is 0 Å².